The van der Waals surface area contributed by atoms with Crippen molar-refractivity contribution >= 4 is 33.2 Å². The number of nitrogens with zero attached hydrogens (tertiary/aromatic N) is 2. The molecule has 0 bridgehead atoms. The van der Waals surface area contributed by atoms with E-state index in [4.69, 9.17) is 0 Å². The Morgan fingerprint density at radius 2 is 2.39 bits per heavy atom. The monoisotopic (exact) mass is 330 g/mol. The van der Waals surface area contributed by atoms with Crippen molar-refractivity contribution in [3.05, 3.63) is 16.1 Å². The summed E-state index contributed by atoms with van der Waals surface area (Å²) in [6.07, 6.45) is 1.57. The Hall–Kier alpha value is -0.420. The largest absolute Gasteiger partial charge is 0.342 e. The Kier molecular flexibility index (Phi) is 4.78. The van der Waals surface area contributed by atoms with E-state index < -0.39 is 0 Å². The summed E-state index contributed by atoms with van der Waals surface area (Å²) in [4.78, 5) is 18.3. The lowest BCUT2D eigenvalue weighted by atomic mass is 10.2. The number of halogens is 1. The summed E-state index contributed by atoms with van der Waals surface area (Å²) in [5.74, 6) is 1.27. The van der Waals surface area contributed by atoms with Crippen LogP contribution in [-0.2, 0) is 11.2 Å². The van der Waals surface area contributed by atoms with E-state index in [2.05, 4.69) is 40.1 Å². The maximum Gasteiger partial charge on any atom is 0.222 e. The normalized spacial score (nSPS) is 20.1. The van der Waals surface area contributed by atoms with Crippen LogP contribution in [0.1, 0.15) is 36.9 Å². The standard InChI is InChI=1S/C13H19BrN2OS/c1-9(2)13-15-11(8-18-13)3-4-16-7-10(6-14)5-12(16)17/h8-10H,3-7H2,1-2H3. The zero-order valence-electron chi connectivity index (χ0n) is 10.9. The summed E-state index contributed by atoms with van der Waals surface area (Å²) < 4.78 is 0. The molecule has 2 rings (SSSR count). The molecule has 1 aliphatic heterocycles. The van der Waals surface area contributed by atoms with E-state index in [1.807, 2.05) is 4.90 Å². The molecule has 1 amide bonds. The molecule has 1 saturated heterocycles. The van der Waals surface area contributed by atoms with Crippen LogP contribution in [-0.4, -0.2) is 34.2 Å². The summed E-state index contributed by atoms with van der Waals surface area (Å²) in [5, 5.41) is 4.23. The summed E-state index contributed by atoms with van der Waals surface area (Å²) in [6.45, 7) is 6.02. The average molecular weight is 331 g/mol. The predicted octanol–water partition coefficient (Wildman–Crippen LogP) is 3.05. The molecule has 0 aliphatic carbocycles. The van der Waals surface area contributed by atoms with Crippen LogP contribution < -0.4 is 0 Å². The summed E-state index contributed by atoms with van der Waals surface area (Å²) in [5.41, 5.74) is 1.12. The molecule has 1 fully saturated rings. The molecule has 1 aromatic heterocycles. The quantitative estimate of drug-likeness (QED) is 0.777. The van der Waals surface area contributed by atoms with E-state index >= 15 is 0 Å². The highest BCUT2D eigenvalue weighted by atomic mass is 79.9. The Bertz CT molecular complexity index is 419. The first-order valence-electron chi connectivity index (χ1n) is 6.38. The molecule has 1 atom stereocenters. The van der Waals surface area contributed by atoms with Gasteiger partial charge < -0.3 is 4.90 Å². The smallest absolute Gasteiger partial charge is 0.222 e. The maximum atomic E-state index is 11.8. The first-order valence-corrected chi connectivity index (χ1v) is 8.38. The van der Waals surface area contributed by atoms with Crippen LogP contribution in [0.25, 0.3) is 0 Å². The molecule has 1 aromatic rings. The van der Waals surface area contributed by atoms with Crippen LogP contribution in [0.5, 0.6) is 0 Å². The van der Waals surface area contributed by atoms with Crippen LogP contribution in [0.2, 0.25) is 0 Å². The van der Waals surface area contributed by atoms with Crippen molar-refractivity contribution in [2.45, 2.75) is 32.6 Å². The minimum Gasteiger partial charge on any atom is -0.342 e. The van der Waals surface area contributed by atoms with Crippen LogP contribution in [0.15, 0.2) is 5.38 Å². The second-order valence-corrected chi connectivity index (χ2v) is 6.68. The summed E-state index contributed by atoms with van der Waals surface area (Å²) in [7, 11) is 0. The van der Waals surface area contributed by atoms with Gasteiger partial charge >= 0.3 is 0 Å². The molecule has 0 radical (unpaired) electrons. The second kappa shape index (κ2) is 6.15. The topological polar surface area (TPSA) is 33.2 Å². The van der Waals surface area contributed by atoms with Crippen molar-refractivity contribution in [2.24, 2.45) is 5.92 Å². The minimum atomic E-state index is 0.291. The van der Waals surface area contributed by atoms with Gasteiger partial charge in [-0.15, -0.1) is 11.3 Å². The number of carbonyl (C=O) groups is 1. The zero-order valence-corrected chi connectivity index (χ0v) is 13.3. The molecule has 18 heavy (non-hydrogen) atoms. The van der Waals surface area contributed by atoms with Gasteiger partial charge in [0, 0.05) is 42.6 Å². The highest BCUT2D eigenvalue weighted by molar-refractivity contribution is 9.09. The van der Waals surface area contributed by atoms with E-state index in [0.717, 1.165) is 30.5 Å². The average Bonchev–Trinajstić information content (AvgIpc) is 2.93. The molecule has 1 unspecified atom stereocenters. The van der Waals surface area contributed by atoms with Crippen LogP contribution >= 0.6 is 27.3 Å². The number of hydrogen-bond acceptors (Lipinski definition) is 3. The summed E-state index contributed by atoms with van der Waals surface area (Å²) in [6, 6.07) is 0. The lowest BCUT2D eigenvalue weighted by molar-refractivity contribution is -0.127. The van der Waals surface area contributed by atoms with Gasteiger partial charge in [0.15, 0.2) is 0 Å². The number of carbonyl (C=O) groups excluding carboxylic acids is 1. The number of alkyl halides is 1. The van der Waals surface area contributed by atoms with Gasteiger partial charge in [0.1, 0.15) is 0 Å². The van der Waals surface area contributed by atoms with E-state index in [-0.39, 0.29) is 0 Å². The summed E-state index contributed by atoms with van der Waals surface area (Å²) >= 11 is 5.18. The lowest BCUT2D eigenvalue weighted by Gasteiger charge is -2.15. The van der Waals surface area contributed by atoms with Crippen molar-refractivity contribution in [3.8, 4) is 0 Å². The number of rotatable bonds is 5. The van der Waals surface area contributed by atoms with Crippen LogP contribution in [0.3, 0.4) is 0 Å². The van der Waals surface area contributed by atoms with Crippen LogP contribution in [0, 0.1) is 5.92 Å². The molecule has 0 saturated carbocycles. The number of likely N-dealkylation sites (tertiary alicyclic amines) is 1. The van der Waals surface area contributed by atoms with Gasteiger partial charge in [-0.05, 0) is 5.92 Å². The first kappa shape index (κ1) is 14.0. The highest BCUT2D eigenvalue weighted by Gasteiger charge is 2.28. The Labute approximate surface area is 121 Å². The first-order chi connectivity index (χ1) is 8.60. The maximum absolute atomic E-state index is 11.8. The molecule has 100 valence electrons. The lowest BCUT2D eigenvalue weighted by Crippen LogP contribution is -2.27. The third-order valence-electron chi connectivity index (χ3n) is 3.21. The van der Waals surface area contributed by atoms with E-state index in [0.29, 0.717) is 24.2 Å². The fraction of sp³-hybridized carbons (Fsp3) is 0.692. The number of amides is 1. The molecule has 0 aromatic carbocycles. The third-order valence-corrected chi connectivity index (χ3v) is 5.32. The van der Waals surface area contributed by atoms with Crippen molar-refractivity contribution in [3.63, 3.8) is 0 Å². The molecule has 2 heterocycles. The van der Waals surface area contributed by atoms with Crippen molar-refractivity contribution in [1.29, 1.82) is 0 Å². The Morgan fingerprint density at radius 1 is 1.61 bits per heavy atom. The molecule has 5 heteroatoms. The zero-order chi connectivity index (χ0) is 13.1. The van der Waals surface area contributed by atoms with Gasteiger partial charge in [0.25, 0.3) is 0 Å². The van der Waals surface area contributed by atoms with E-state index in [1.165, 1.54) is 5.01 Å². The second-order valence-electron chi connectivity index (χ2n) is 5.15. The molecule has 1 aliphatic rings. The van der Waals surface area contributed by atoms with Crippen molar-refractivity contribution < 1.29 is 4.79 Å². The molecule has 0 spiro atoms. The molecular formula is C13H19BrN2OS. The van der Waals surface area contributed by atoms with Crippen molar-refractivity contribution in [1.82, 2.24) is 9.88 Å². The van der Waals surface area contributed by atoms with Gasteiger partial charge in [-0.2, -0.15) is 0 Å². The molecule has 0 N–H and O–H groups in total. The van der Waals surface area contributed by atoms with Gasteiger partial charge in [-0.3, -0.25) is 4.79 Å². The highest BCUT2D eigenvalue weighted by Crippen LogP contribution is 2.22. The fourth-order valence-corrected chi connectivity index (χ4v) is 3.43. The molecular weight excluding hydrogens is 312 g/mol. The number of thiazole rings is 1. The molecule has 3 nitrogen and oxygen atoms in total. The SMILES string of the molecule is CC(C)c1nc(CCN2CC(CBr)CC2=O)cs1. The van der Waals surface area contributed by atoms with Crippen molar-refractivity contribution in [2.75, 3.05) is 18.4 Å². The Morgan fingerprint density at radius 3 is 2.94 bits per heavy atom. The number of aromatic nitrogens is 1. The predicted molar refractivity (Wildman–Crippen MR) is 78.4 cm³/mol. The van der Waals surface area contributed by atoms with E-state index in [1.54, 1.807) is 11.3 Å². The van der Waals surface area contributed by atoms with Gasteiger partial charge in [-0.1, -0.05) is 29.8 Å². The van der Waals surface area contributed by atoms with Gasteiger partial charge in [0.2, 0.25) is 5.91 Å². The minimum absolute atomic E-state index is 0.291. The fourth-order valence-electron chi connectivity index (χ4n) is 2.13. The van der Waals surface area contributed by atoms with Gasteiger partial charge in [0.05, 0.1) is 10.7 Å². The van der Waals surface area contributed by atoms with E-state index in [9.17, 15) is 4.79 Å². The number of hydrogen-bond donors (Lipinski definition) is 0. The van der Waals surface area contributed by atoms with Crippen LogP contribution in [0.4, 0.5) is 0 Å². The third kappa shape index (κ3) is 3.32. The Balaban J connectivity index is 1.86. The van der Waals surface area contributed by atoms with Gasteiger partial charge in [-0.25, -0.2) is 4.98 Å².